The predicted molar refractivity (Wildman–Crippen MR) is 76.2 cm³/mol. The molecule has 2 rings (SSSR count). The van der Waals surface area contributed by atoms with Crippen LogP contribution in [0.4, 0.5) is 5.82 Å². The number of ether oxygens (including phenoxy) is 1. The molecule has 0 bridgehead atoms. The van der Waals surface area contributed by atoms with Crippen molar-refractivity contribution in [3.63, 3.8) is 0 Å². The lowest BCUT2D eigenvalue weighted by Gasteiger charge is -2.17. The minimum atomic E-state index is -4.27. The first-order valence-corrected chi connectivity index (χ1v) is 8.23. The Morgan fingerprint density at radius 1 is 1.43 bits per heavy atom. The summed E-state index contributed by atoms with van der Waals surface area (Å²) >= 11 is 0. The zero-order valence-electron chi connectivity index (χ0n) is 12.2. The van der Waals surface area contributed by atoms with E-state index >= 15 is 0 Å². The summed E-state index contributed by atoms with van der Waals surface area (Å²) < 4.78 is 26.9. The maximum Gasteiger partial charge on any atom is 0.472 e. The third-order valence-electron chi connectivity index (χ3n) is 3.16. The van der Waals surface area contributed by atoms with Gasteiger partial charge in [-0.05, 0) is 13.0 Å². The number of nitrogens with zero attached hydrogens (tertiary/aromatic N) is 2. The number of phosphoric acid groups is 1. The molecule has 0 radical (unpaired) electrons. The fourth-order valence-corrected chi connectivity index (χ4v) is 2.82. The molecule has 130 valence electrons. The second kappa shape index (κ2) is 7.05. The molecule has 0 aliphatic carbocycles. The van der Waals surface area contributed by atoms with E-state index in [1.165, 1.54) is 19.2 Å². The lowest BCUT2D eigenvalue weighted by molar-refractivity contribution is -0.0550. The highest BCUT2D eigenvalue weighted by molar-refractivity contribution is 7.47. The van der Waals surface area contributed by atoms with Gasteiger partial charge in [0.1, 0.15) is 24.1 Å². The van der Waals surface area contributed by atoms with Crippen molar-refractivity contribution in [3.05, 3.63) is 22.7 Å². The minimum absolute atomic E-state index is 0.00268. The number of anilines is 1. The van der Waals surface area contributed by atoms with E-state index in [0.29, 0.717) is 0 Å². The zero-order chi connectivity index (χ0) is 17.2. The third kappa shape index (κ3) is 4.15. The van der Waals surface area contributed by atoms with Crippen LogP contribution in [0.25, 0.3) is 0 Å². The van der Waals surface area contributed by atoms with Crippen LogP contribution >= 0.6 is 7.82 Å². The van der Waals surface area contributed by atoms with Gasteiger partial charge in [-0.25, -0.2) is 9.36 Å². The molecule has 1 aliphatic rings. The van der Waals surface area contributed by atoms with Crippen molar-refractivity contribution < 1.29 is 33.5 Å². The molecule has 23 heavy (non-hydrogen) atoms. The van der Waals surface area contributed by atoms with Crippen LogP contribution in [0.2, 0.25) is 0 Å². The van der Waals surface area contributed by atoms with Crippen LogP contribution in [0, 0.1) is 0 Å². The maximum atomic E-state index is 11.8. The van der Waals surface area contributed by atoms with Gasteiger partial charge in [0.05, 0.1) is 13.2 Å². The van der Waals surface area contributed by atoms with E-state index in [1.54, 1.807) is 0 Å². The molecule has 1 aliphatic heterocycles. The number of aromatic nitrogens is 2. The smallest absolute Gasteiger partial charge is 0.387 e. The molecular weight excluding hydrogens is 333 g/mol. The standard InChI is InChI=1S/C11H18N3O8P/c1-2-20-23(18,19)21-5-6-8(15)9(16)10(22-6)14-4-3-7(12)13-11(14)17/h3-4,6,8-10,15-16H,2,5H2,1H3,(H,18,19)(H2,12,13,17)/t6-,8-,9-,10-/m1/s1. The Labute approximate surface area is 130 Å². The molecule has 5 N–H and O–H groups in total. The van der Waals surface area contributed by atoms with Gasteiger partial charge in [0, 0.05) is 6.20 Å². The van der Waals surface area contributed by atoms with E-state index in [-0.39, 0.29) is 12.4 Å². The van der Waals surface area contributed by atoms with Crippen molar-refractivity contribution in [1.82, 2.24) is 9.55 Å². The number of aliphatic hydroxyl groups excluding tert-OH is 2. The molecule has 1 saturated heterocycles. The monoisotopic (exact) mass is 351 g/mol. The molecule has 2 heterocycles. The van der Waals surface area contributed by atoms with E-state index in [2.05, 4.69) is 14.0 Å². The largest absolute Gasteiger partial charge is 0.472 e. The van der Waals surface area contributed by atoms with E-state index in [9.17, 15) is 24.5 Å². The molecule has 1 unspecified atom stereocenters. The summed E-state index contributed by atoms with van der Waals surface area (Å²) in [5, 5.41) is 19.9. The Hall–Kier alpha value is -1.33. The summed E-state index contributed by atoms with van der Waals surface area (Å²) in [7, 11) is -4.27. The molecule has 11 nitrogen and oxygen atoms in total. The quantitative estimate of drug-likeness (QED) is 0.447. The number of rotatable bonds is 6. The topological polar surface area (TPSA) is 166 Å². The van der Waals surface area contributed by atoms with Gasteiger partial charge in [-0.2, -0.15) is 4.98 Å². The molecule has 1 fully saturated rings. The van der Waals surface area contributed by atoms with Gasteiger partial charge in [-0.3, -0.25) is 13.6 Å². The normalized spacial score (nSPS) is 30.3. The molecular formula is C11H18N3O8P. The van der Waals surface area contributed by atoms with E-state index in [4.69, 9.17) is 10.5 Å². The van der Waals surface area contributed by atoms with Crippen LogP contribution in [0.5, 0.6) is 0 Å². The van der Waals surface area contributed by atoms with Crippen molar-refractivity contribution in [2.24, 2.45) is 0 Å². The van der Waals surface area contributed by atoms with Crippen LogP contribution in [-0.4, -0.2) is 56.2 Å². The number of hydrogen-bond acceptors (Lipinski definition) is 9. The maximum absolute atomic E-state index is 11.8. The Morgan fingerprint density at radius 2 is 2.13 bits per heavy atom. The first-order valence-electron chi connectivity index (χ1n) is 6.73. The predicted octanol–water partition coefficient (Wildman–Crippen LogP) is -1.40. The summed E-state index contributed by atoms with van der Waals surface area (Å²) in [4.78, 5) is 24.6. The second-order valence-corrected chi connectivity index (χ2v) is 6.22. The molecule has 0 aromatic carbocycles. The Kier molecular flexibility index (Phi) is 5.53. The van der Waals surface area contributed by atoms with Crippen molar-refractivity contribution in [3.8, 4) is 0 Å². The van der Waals surface area contributed by atoms with Crippen molar-refractivity contribution in [2.75, 3.05) is 18.9 Å². The highest BCUT2D eigenvalue weighted by atomic mass is 31.2. The molecule has 1 aromatic rings. The fraction of sp³-hybridized carbons (Fsp3) is 0.636. The molecule has 0 spiro atoms. The van der Waals surface area contributed by atoms with Crippen LogP contribution in [0.1, 0.15) is 13.2 Å². The van der Waals surface area contributed by atoms with Gasteiger partial charge >= 0.3 is 13.5 Å². The molecule has 1 aromatic heterocycles. The average molecular weight is 351 g/mol. The SMILES string of the molecule is CCOP(=O)(O)OC[C@H]1O[C@@H](n2ccc(N)nc2=O)[C@H](O)[C@@H]1O. The van der Waals surface area contributed by atoms with Gasteiger partial charge in [0.2, 0.25) is 0 Å². The number of aliphatic hydroxyl groups is 2. The van der Waals surface area contributed by atoms with Gasteiger partial charge in [0.25, 0.3) is 0 Å². The third-order valence-corrected chi connectivity index (χ3v) is 4.22. The van der Waals surface area contributed by atoms with Crippen LogP contribution < -0.4 is 11.4 Å². The summed E-state index contributed by atoms with van der Waals surface area (Å²) in [6.07, 6.45) is -4.02. The van der Waals surface area contributed by atoms with Gasteiger partial charge in [-0.1, -0.05) is 0 Å². The molecule has 12 heteroatoms. The van der Waals surface area contributed by atoms with Gasteiger partial charge < -0.3 is 25.6 Å². The second-order valence-electron chi connectivity index (χ2n) is 4.77. The summed E-state index contributed by atoms with van der Waals surface area (Å²) in [5.74, 6) is -0.00268. The van der Waals surface area contributed by atoms with Crippen molar-refractivity contribution in [2.45, 2.75) is 31.5 Å². The van der Waals surface area contributed by atoms with Crippen LogP contribution in [0.3, 0.4) is 0 Å². The molecule has 0 amide bonds. The van der Waals surface area contributed by atoms with E-state index < -0.39 is 44.7 Å². The van der Waals surface area contributed by atoms with Crippen LogP contribution in [0.15, 0.2) is 17.1 Å². The molecule has 5 atom stereocenters. The van der Waals surface area contributed by atoms with Gasteiger partial charge in [-0.15, -0.1) is 0 Å². The summed E-state index contributed by atoms with van der Waals surface area (Å²) in [5.41, 5.74) is 4.60. The fourth-order valence-electron chi connectivity index (χ4n) is 2.08. The first-order chi connectivity index (χ1) is 10.7. The summed E-state index contributed by atoms with van der Waals surface area (Å²) in [6.45, 7) is 0.951. The number of nitrogen functional groups attached to an aromatic ring is 1. The van der Waals surface area contributed by atoms with Crippen LogP contribution in [-0.2, 0) is 18.3 Å². The lowest BCUT2D eigenvalue weighted by Crippen LogP contribution is -2.36. The average Bonchev–Trinajstić information content (AvgIpc) is 2.73. The Balaban J connectivity index is 2.09. The number of phosphoric ester groups is 1. The van der Waals surface area contributed by atoms with Crippen molar-refractivity contribution in [1.29, 1.82) is 0 Å². The number of hydrogen-bond donors (Lipinski definition) is 4. The summed E-state index contributed by atoms with van der Waals surface area (Å²) in [6, 6.07) is 1.32. The molecule has 0 saturated carbocycles. The lowest BCUT2D eigenvalue weighted by atomic mass is 10.1. The van der Waals surface area contributed by atoms with E-state index in [0.717, 1.165) is 4.57 Å². The van der Waals surface area contributed by atoms with E-state index in [1.807, 2.05) is 0 Å². The first kappa shape index (κ1) is 18.0. The van der Waals surface area contributed by atoms with Gasteiger partial charge in [0.15, 0.2) is 6.23 Å². The highest BCUT2D eigenvalue weighted by Crippen LogP contribution is 2.44. The number of nitrogens with two attached hydrogens (primary N) is 1. The zero-order valence-corrected chi connectivity index (χ0v) is 13.1. The Bertz CT molecular complexity index is 652. The minimum Gasteiger partial charge on any atom is -0.387 e. The Morgan fingerprint density at radius 3 is 2.74 bits per heavy atom. The van der Waals surface area contributed by atoms with Crippen molar-refractivity contribution >= 4 is 13.6 Å². The highest BCUT2D eigenvalue weighted by Gasteiger charge is 2.45.